The fourth-order valence-electron chi connectivity index (χ4n) is 2.53. The number of thiazole rings is 1. The molecule has 1 heterocycles. The van der Waals surface area contributed by atoms with E-state index in [1.54, 1.807) is 66.4 Å². The van der Waals surface area contributed by atoms with Crippen LogP contribution in [0.25, 0.3) is 0 Å². The number of anilines is 1. The van der Waals surface area contributed by atoms with Crippen LogP contribution in [0.4, 0.5) is 5.13 Å². The van der Waals surface area contributed by atoms with Gasteiger partial charge in [-0.2, -0.15) is 0 Å². The van der Waals surface area contributed by atoms with Crippen molar-refractivity contribution in [1.82, 2.24) is 4.98 Å². The van der Waals surface area contributed by atoms with Crippen LogP contribution in [0.15, 0.2) is 63.7 Å². The van der Waals surface area contributed by atoms with E-state index in [4.69, 9.17) is 0 Å². The Morgan fingerprint density at radius 2 is 1.89 bits per heavy atom. The predicted octanol–water partition coefficient (Wildman–Crippen LogP) is 4.40. The summed E-state index contributed by atoms with van der Waals surface area (Å²) in [4.78, 5) is 17.1. The van der Waals surface area contributed by atoms with Gasteiger partial charge in [0.1, 0.15) is 0 Å². The van der Waals surface area contributed by atoms with Gasteiger partial charge >= 0.3 is 0 Å². The van der Waals surface area contributed by atoms with E-state index in [2.05, 4.69) is 10.3 Å². The molecule has 0 spiro atoms. The summed E-state index contributed by atoms with van der Waals surface area (Å²) in [6, 6.07) is 14.9. The second-order valence-electron chi connectivity index (χ2n) is 5.82. The van der Waals surface area contributed by atoms with Crippen molar-refractivity contribution in [3.63, 3.8) is 0 Å². The molecule has 0 fully saturated rings. The first kappa shape index (κ1) is 19.6. The fourth-order valence-corrected chi connectivity index (χ4v) is 5.49. The topological polar surface area (TPSA) is 76.1 Å². The van der Waals surface area contributed by atoms with Gasteiger partial charge in [0, 0.05) is 5.56 Å². The molecule has 0 saturated carbocycles. The van der Waals surface area contributed by atoms with E-state index in [1.165, 1.54) is 11.3 Å². The number of nitrogens with zero attached hydrogens (tertiary/aromatic N) is 1. The zero-order chi connectivity index (χ0) is 19.4. The number of hydrogen-bond acceptors (Lipinski definition) is 6. The van der Waals surface area contributed by atoms with Crippen molar-refractivity contribution in [2.75, 3.05) is 11.6 Å². The van der Waals surface area contributed by atoms with Gasteiger partial charge in [0.2, 0.25) is 0 Å². The lowest BCUT2D eigenvalue weighted by molar-refractivity contribution is 0.102. The van der Waals surface area contributed by atoms with Gasteiger partial charge in [0.15, 0.2) is 15.0 Å². The maximum Gasteiger partial charge on any atom is 0.257 e. The van der Waals surface area contributed by atoms with Crippen molar-refractivity contribution >= 4 is 44.0 Å². The minimum absolute atomic E-state index is 0.162. The molecule has 0 unspecified atom stereocenters. The second-order valence-corrected chi connectivity index (χ2v) is 9.89. The maximum absolute atomic E-state index is 12.5. The highest BCUT2D eigenvalue weighted by molar-refractivity contribution is 8.00. The van der Waals surface area contributed by atoms with E-state index in [1.807, 2.05) is 13.2 Å². The van der Waals surface area contributed by atoms with Crippen LogP contribution in [0.1, 0.15) is 21.6 Å². The number of nitrogens with one attached hydrogen (secondary N) is 1. The molecule has 0 aliphatic heterocycles. The first-order chi connectivity index (χ1) is 12.9. The molecule has 140 valence electrons. The Balaban J connectivity index is 1.77. The van der Waals surface area contributed by atoms with Crippen molar-refractivity contribution in [3.8, 4) is 0 Å². The average Bonchev–Trinajstić information content (AvgIpc) is 3.01. The maximum atomic E-state index is 12.5. The highest BCUT2D eigenvalue weighted by atomic mass is 32.2. The Hall–Kier alpha value is -2.16. The number of benzene rings is 2. The summed E-state index contributed by atoms with van der Waals surface area (Å²) in [6.07, 6.45) is 1.96. The molecular formula is C19H18N2O3S3. The summed E-state index contributed by atoms with van der Waals surface area (Å²) in [5.41, 5.74) is 1.84. The number of aryl methyl sites for hydroxylation is 1. The molecule has 1 aromatic heterocycles. The van der Waals surface area contributed by atoms with Crippen LogP contribution in [0.5, 0.6) is 0 Å². The number of thioether (sulfide) groups is 1. The third-order valence-corrected chi connectivity index (χ3v) is 7.80. The van der Waals surface area contributed by atoms with E-state index in [-0.39, 0.29) is 16.6 Å². The summed E-state index contributed by atoms with van der Waals surface area (Å²) < 4.78 is 26.1. The van der Waals surface area contributed by atoms with Crippen LogP contribution < -0.4 is 5.32 Å². The Kier molecular flexibility index (Phi) is 5.98. The van der Waals surface area contributed by atoms with Crippen LogP contribution in [-0.2, 0) is 15.6 Å². The first-order valence-corrected chi connectivity index (χ1v) is 11.8. The van der Waals surface area contributed by atoms with Gasteiger partial charge in [0.25, 0.3) is 5.91 Å². The zero-order valence-corrected chi connectivity index (χ0v) is 17.2. The smallest absolute Gasteiger partial charge is 0.257 e. The molecule has 0 aliphatic rings. The van der Waals surface area contributed by atoms with E-state index in [0.29, 0.717) is 16.3 Å². The van der Waals surface area contributed by atoms with Gasteiger partial charge < -0.3 is 0 Å². The van der Waals surface area contributed by atoms with Crippen LogP contribution in [-0.4, -0.2) is 25.6 Å². The third-order valence-electron chi connectivity index (χ3n) is 3.81. The van der Waals surface area contributed by atoms with Crippen LogP contribution in [0.2, 0.25) is 0 Å². The summed E-state index contributed by atoms with van der Waals surface area (Å²) in [7, 11) is -3.47. The Labute approximate surface area is 166 Å². The van der Waals surface area contributed by atoms with Crippen LogP contribution in [0.3, 0.4) is 0 Å². The average molecular weight is 419 g/mol. The molecule has 0 aliphatic carbocycles. The van der Waals surface area contributed by atoms with E-state index in [9.17, 15) is 13.2 Å². The third kappa shape index (κ3) is 4.77. The number of carbonyl (C=O) groups excluding carboxylic acids is 1. The number of carbonyl (C=O) groups is 1. The van der Waals surface area contributed by atoms with E-state index in [0.717, 1.165) is 9.90 Å². The molecule has 1 amide bonds. The van der Waals surface area contributed by atoms with Crippen molar-refractivity contribution in [1.29, 1.82) is 0 Å². The largest absolute Gasteiger partial charge is 0.298 e. The van der Waals surface area contributed by atoms with Crippen molar-refractivity contribution in [2.45, 2.75) is 21.8 Å². The molecule has 0 bridgehead atoms. The summed E-state index contributed by atoms with van der Waals surface area (Å²) in [5, 5.41) is 3.31. The molecule has 27 heavy (non-hydrogen) atoms. The van der Waals surface area contributed by atoms with Crippen molar-refractivity contribution in [2.24, 2.45) is 0 Å². The molecule has 8 heteroatoms. The Bertz CT molecular complexity index is 1060. The lowest BCUT2D eigenvalue weighted by atomic mass is 10.1. The highest BCUT2D eigenvalue weighted by Gasteiger charge is 2.17. The second kappa shape index (κ2) is 8.24. The lowest BCUT2D eigenvalue weighted by Crippen LogP contribution is -2.12. The molecule has 3 rings (SSSR count). The highest BCUT2D eigenvalue weighted by Crippen LogP contribution is 2.30. The number of aromatic nitrogens is 1. The Morgan fingerprint density at radius 1 is 1.15 bits per heavy atom. The lowest BCUT2D eigenvalue weighted by Gasteiger charge is -2.07. The van der Waals surface area contributed by atoms with Gasteiger partial charge in [-0.15, -0.1) is 11.8 Å². The molecule has 1 N–H and O–H groups in total. The normalized spacial score (nSPS) is 11.3. The first-order valence-electron chi connectivity index (χ1n) is 8.08. The van der Waals surface area contributed by atoms with Gasteiger partial charge in [0.05, 0.1) is 20.6 Å². The number of sulfone groups is 1. The van der Waals surface area contributed by atoms with E-state index < -0.39 is 9.84 Å². The molecule has 5 nitrogen and oxygen atoms in total. The molecule has 3 aromatic rings. The predicted molar refractivity (Wildman–Crippen MR) is 110 cm³/mol. The SMILES string of the molecule is CSc1sc(NC(=O)c2cccc(CS(=O)(=O)c3ccccc3)c2)nc1C. The van der Waals surface area contributed by atoms with Crippen molar-refractivity contribution in [3.05, 3.63) is 71.4 Å². The number of amides is 1. The zero-order valence-electron chi connectivity index (χ0n) is 14.8. The van der Waals surface area contributed by atoms with Crippen LogP contribution in [0, 0.1) is 6.92 Å². The number of hydrogen-bond donors (Lipinski definition) is 1. The van der Waals surface area contributed by atoms with Crippen LogP contribution >= 0.6 is 23.1 Å². The van der Waals surface area contributed by atoms with Gasteiger partial charge in [-0.3, -0.25) is 10.1 Å². The summed E-state index contributed by atoms with van der Waals surface area (Å²) in [5.74, 6) is -0.471. The summed E-state index contributed by atoms with van der Waals surface area (Å²) >= 11 is 3.00. The van der Waals surface area contributed by atoms with Crippen molar-refractivity contribution < 1.29 is 13.2 Å². The molecular weight excluding hydrogens is 400 g/mol. The Morgan fingerprint density at radius 3 is 2.56 bits per heavy atom. The molecule has 0 radical (unpaired) electrons. The quantitative estimate of drug-likeness (QED) is 0.601. The standard InChI is InChI=1S/C19H18N2O3S3/c1-13-18(25-2)26-19(20-13)21-17(22)15-8-6-7-14(11-15)12-27(23,24)16-9-4-3-5-10-16/h3-11H,12H2,1-2H3,(H,20,21,22). The molecule has 2 aromatic carbocycles. The number of rotatable bonds is 6. The van der Waals surface area contributed by atoms with Gasteiger partial charge in [-0.1, -0.05) is 41.7 Å². The minimum Gasteiger partial charge on any atom is -0.298 e. The molecule has 0 saturated heterocycles. The van der Waals surface area contributed by atoms with Gasteiger partial charge in [-0.25, -0.2) is 13.4 Å². The van der Waals surface area contributed by atoms with E-state index >= 15 is 0 Å². The molecule has 0 atom stereocenters. The fraction of sp³-hybridized carbons (Fsp3) is 0.158. The minimum atomic E-state index is -3.47. The monoisotopic (exact) mass is 418 g/mol. The summed E-state index contributed by atoms with van der Waals surface area (Å²) in [6.45, 7) is 1.90. The van der Waals surface area contributed by atoms with Gasteiger partial charge in [-0.05, 0) is 43.0 Å².